The molecule has 1 heterocycles. The van der Waals surface area contributed by atoms with Crippen LogP contribution in [0.25, 0.3) is 0 Å². The Hall–Kier alpha value is -1.53. The van der Waals surface area contributed by atoms with E-state index in [4.69, 9.17) is 11.2 Å². The van der Waals surface area contributed by atoms with Gasteiger partial charge in [0, 0.05) is 6.20 Å². The molecule has 62 valence electrons. The predicted molar refractivity (Wildman–Crippen MR) is 44.6 cm³/mol. The van der Waals surface area contributed by atoms with Gasteiger partial charge in [0.05, 0.1) is 12.7 Å². The fraction of sp³-hybridized carbons (Fsp3) is 0.222. The van der Waals surface area contributed by atoms with E-state index >= 15 is 0 Å². The van der Waals surface area contributed by atoms with Gasteiger partial charge in [0.25, 0.3) is 0 Å². The fourth-order valence-electron chi connectivity index (χ4n) is 0.872. The average molecular weight is 163 g/mol. The van der Waals surface area contributed by atoms with Crippen LogP contribution in [0.2, 0.25) is 0 Å². The maximum Gasteiger partial charge on any atom is 0.219 e. The van der Waals surface area contributed by atoms with Crippen molar-refractivity contribution >= 4 is 0 Å². The summed E-state index contributed by atoms with van der Waals surface area (Å²) >= 11 is 0. The van der Waals surface area contributed by atoms with Crippen molar-refractivity contribution in [1.29, 1.82) is 0 Å². The number of ether oxygens (including phenoxy) is 1. The summed E-state index contributed by atoms with van der Waals surface area (Å²) in [6, 6.07) is 3.37. The van der Waals surface area contributed by atoms with E-state index in [1.807, 2.05) is 0 Å². The second kappa shape index (κ2) is 3.74. The van der Waals surface area contributed by atoms with Gasteiger partial charge >= 0.3 is 0 Å². The number of aliphatic hydroxyl groups excluding tert-OH is 1. The van der Waals surface area contributed by atoms with Gasteiger partial charge in [-0.3, -0.25) is 0 Å². The summed E-state index contributed by atoms with van der Waals surface area (Å²) in [7, 11) is 1.48. The molecule has 3 nitrogen and oxygen atoms in total. The van der Waals surface area contributed by atoms with Crippen molar-refractivity contribution in [1.82, 2.24) is 4.98 Å². The van der Waals surface area contributed by atoms with E-state index in [1.165, 1.54) is 7.11 Å². The van der Waals surface area contributed by atoms with Gasteiger partial charge < -0.3 is 9.84 Å². The van der Waals surface area contributed by atoms with Gasteiger partial charge in [0.2, 0.25) is 5.88 Å². The van der Waals surface area contributed by atoms with Crippen molar-refractivity contribution in [2.75, 3.05) is 7.11 Å². The molecule has 0 aliphatic heterocycles. The van der Waals surface area contributed by atoms with Crippen LogP contribution in [0, 0.1) is 12.3 Å². The van der Waals surface area contributed by atoms with Crippen LogP contribution in [0.15, 0.2) is 18.3 Å². The fourth-order valence-corrected chi connectivity index (χ4v) is 0.872. The van der Waals surface area contributed by atoms with Crippen molar-refractivity contribution in [3.8, 4) is 18.2 Å². The monoisotopic (exact) mass is 163 g/mol. The molecule has 0 amide bonds. The number of aromatic nitrogens is 1. The molecule has 1 N–H and O–H groups in total. The second-order valence-electron chi connectivity index (χ2n) is 2.17. The second-order valence-corrected chi connectivity index (χ2v) is 2.17. The molecule has 1 aromatic rings. The van der Waals surface area contributed by atoms with Gasteiger partial charge in [-0.15, -0.1) is 6.42 Å². The summed E-state index contributed by atoms with van der Waals surface area (Å²) in [4.78, 5) is 3.89. The standard InChI is InChI=1S/C9H9NO2/c1-3-8(11)7-5-4-6-10-9(7)12-2/h1,4-6,8,11H,2H3. The lowest BCUT2D eigenvalue weighted by Crippen LogP contribution is -1.99. The normalized spacial score (nSPS) is 11.8. The maximum atomic E-state index is 9.29. The minimum absolute atomic E-state index is 0.364. The molecule has 1 atom stereocenters. The number of nitrogens with zero attached hydrogens (tertiary/aromatic N) is 1. The molecular formula is C9H9NO2. The number of hydrogen-bond donors (Lipinski definition) is 1. The zero-order valence-electron chi connectivity index (χ0n) is 6.69. The van der Waals surface area contributed by atoms with Gasteiger partial charge in [-0.2, -0.15) is 0 Å². The topological polar surface area (TPSA) is 42.4 Å². The van der Waals surface area contributed by atoms with Crippen molar-refractivity contribution in [3.63, 3.8) is 0 Å². The van der Waals surface area contributed by atoms with Crippen LogP contribution >= 0.6 is 0 Å². The molecule has 0 aromatic carbocycles. The van der Waals surface area contributed by atoms with E-state index in [0.29, 0.717) is 11.4 Å². The van der Waals surface area contributed by atoms with E-state index in [9.17, 15) is 5.11 Å². The largest absolute Gasteiger partial charge is 0.481 e. The highest BCUT2D eigenvalue weighted by Crippen LogP contribution is 2.20. The number of rotatable bonds is 2. The third-order valence-electron chi connectivity index (χ3n) is 1.45. The number of terminal acetylenes is 1. The van der Waals surface area contributed by atoms with E-state index in [0.717, 1.165) is 0 Å². The maximum absolute atomic E-state index is 9.29. The third kappa shape index (κ3) is 1.55. The Morgan fingerprint density at radius 1 is 1.75 bits per heavy atom. The number of hydrogen-bond acceptors (Lipinski definition) is 3. The van der Waals surface area contributed by atoms with Gasteiger partial charge in [-0.1, -0.05) is 5.92 Å². The molecule has 0 aliphatic carbocycles. The van der Waals surface area contributed by atoms with Gasteiger partial charge in [-0.05, 0) is 12.1 Å². The van der Waals surface area contributed by atoms with Crippen LogP contribution in [0.3, 0.4) is 0 Å². The lowest BCUT2D eigenvalue weighted by Gasteiger charge is -2.07. The van der Waals surface area contributed by atoms with Crippen LogP contribution in [0.4, 0.5) is 0 Å². The zero-order chi connectivity index (χ0) is 8.97. The van der Waals surface area contributed by atoms with Crippen molar-refractivity contribution < 1.29 is 9.84 Å². The lowest BCUT2D eigenvalue weighted by atomic mass is 10.1. The van der Waals surface area contributed by atoms with Crippen molar-refractivity contribution in [3.05, 3.63) is 23.9 Å². The summed E-state index contributed by atoms with van der Waals surface area (Å²) in [5, 5.41) is 9.29. The predicted octanol–water partition coefficient (Wildman–Crippen LogP) is 0.757. The van der Waals surface area contributed by atoms with Crippen molar-refractivity contribution in [2.45, 2.75) is 6.10 Å². The van der Waals surface area contributed by atoms with Crippen LogP contribution in [0.1, 0.15) is 11.7 Å². The Morgan fingerprint density at radius 2 is 2.50 bits per heavy atom. The molecule has 1 aromatic heterocycles. The molecule has 0 aliphatic rings. The minimum atomic E-state index is -0.950. The molecule has 0 saturated heterocycles. The van der Waals surface area contributed by atoms with Gasteiger partial charge in [0.1, 0.15) is 6.10 Å². The van der Waals surface area contributed by atoms with Crippen LogP contribution in [0.5, 0.6) is 5.88 Å². The molecule has 0 bridgehead atoms. The SMILES string of the molecule is C#CC(O)c1cccnc1OC. The molecule has 12 heavy (non-hydrogen) atoms. The van der Waals surface area contributed by atoms with Crippen LogP contribution in [-0.4, -0.2) is 17.2 Å². The smallest absolute Gasteiger partial charge is 0.219 e. The number of methoxy groups -OCH3 is 1. The Kier molecular flexibility index (Phi) is 2.67. The van der Waals surface area contributed by atoms with E-state index in [1.54, 1.807) is 18.3 Å². The zero-order valence-corrected chi connectivity index (χ0v) is 6.69. The summed E-state index contributed by atoms with van der Waals surface area (Å²) < 4.78 is 4.90. The van der Waals surface area contributed by atoms with Crippen LogP contribution in [-0.2, 0) is 0 Å². The Labute approximate surface area is 71.0 Å². The quantitative estimate of drug-likeness (QED) is 0.654. The summed E-state index contributed by atoms with van der Waals surface area (Å²) in [5.41, 5.74) is 0.516. The Bertz CT molecular complexity index is 304. The van der Waals surface area contributed by atoms with Crippen molar-refractivity contribution in [2.24, 2.45) is 0 Å². The molecule has 0 saturated carbocycles. The highest BCUT2D eigenvalue weighted by Gasteiger charge is 2.09. The summed E-state index contributed by atoms with van der Waals surface area (Å²) in [6.45, 7) is 0. The Morgan fingerprint density at radius 3 is 3.08 bits per heavy atom. The average Bonchev–Trinajstić information content (AvgIpc) is 2.16. The molecule has 1 unspecified atom stereocenters. The van der Waals surface area contributed by atoms with E-state index in [-0.39, 0.29) is 0 Å². The lowest BCUT2D eigenvalue weighted by molar-refractivity contribution is 0.231. The van der Waals surface area contributed by atoms with E-state index < -0.39 is 6.10 Å². The van der Waals surface area contributed by atoms with Crippen LogP contribution < -0.4 is 4.74 Å². The molecule has 0 radical (unpaired) electrons. The van der Waals surface area contributed by atoms with Gasteiger partial charge in [-0.25, -0.2) is 4.98 Å². The highest BCUT2D eigenvalue weighted by atomic mass is 16.5. The first-order valence-corrected chi connectivity index (χ1v) is 3.42. The Balaban J connectivity index is 3.06. The highest BCUT2D eigenvalue weighted by molar-refractivity contribution is 5.31. The van der Waals surface area contributed by atoms with Gasteiger partial charge in [0.15, 0.2) is 0 Å². The first-order valence-electron chi connectivity index (χ1n) is 3.42. The molecular weight excluding hydrogens is 154 g/mol. The number of pyridine rings is 1. The molecule has 0 fully saturated rings. The molecule has 3 heteroatoms. The third-order valence-corrected chi connectivity index (χ3v) is 1.45. The van der Waals surface area contributed by atoms with E-state index in [2.05, 4.69) is 10.9 Å². The summed E-state index contributed by atoms with van der Waals surface area (Å²) in [5.74, 6) is 2.56. The number of aliphatic hydroxyl groups is 1. The molecule has 1 rings (SSSR count). The summed E-state index contributed by atoms with van der Waals surface area (Å²) in [6.07, 6.45) is 5.67. The molecule has 0 spiro atoms. The first-order chi connectivity index (χ1) is 5.79. The first kappa shape index (κ1) is 8.57. The minimum Gasteiger partial charge on any atom is -0.481 e.